The molecule has 0 radical (unpaired) electrons. The van der Waals surface area contributed by atoms with Gasteiger partial charge in [-0.3, -0.25) is 4.79 Å². The lowest BCUT2D eigenvalue weighted by Crippen LogP contribution is -2.07. The second-order valence-electron chi connectivity index (χ2n) is 5.93. The Bertz CT molecular complexity index is 1020. The summed E-state index contributed by atoms with van der Waals surface area (Å²) in [6, 6.07) is 8.55. The smallest absolute Gasteiger partial charge is 0.310 e. The van der Waals surface area contributed by atoms with Crippen LogP contribution in [-0.4, -0.2) is 37.7 Å². The number of rotatable bonds is 6. The number of halogens is 5. The van der Waals surface area contributed by atoms with Crippen molar-refractivity contribution in [1.29, 1.82) is 0 Å². The van der Waals surface area contributed by atoms with Crippen LogP contribution in [0, 0.1) is 0 Å². The zero-order chi connectivity index (χ0) is 20.6. The molecular weight excluding hydrogens is 407 g/mol. The van der Waals surface area contributed by atoms with Gasteiger partial charge in [-0.05, 0) is 40.3 Å². The van der Waals surface area contributed by atoms with Crippen LogP contribution in [0.4, 0.5) is 19.4 Å². The van der Waals surface area contributed by atoms with Crippen LogP contribution in [0.3, 0.4) is 0 Å². The number of benzene rings is 2. The van der Waals surface area contributed by atoms with E-state index in [1.807, 2.05) is 0 Å². The van der Waals surface area contributed by atoms with Crippen molar-refractivity contribution in [3.63, 3.8) is 0 Å². The van der Waals surface area contributed by atoms with Crippen LogP contribution >= 0.6 is 10.2 Å². The molecule has 0 saturated heterocycles. The number of carbonyl (C=O) groups excluding carboxylic acids is 1. The summed E-state index contributed by atoms with van der Waals surface area (Å²) in [4.78, 5) is 9.41. The van der Waals surface area contributed by atoms with Gasteiger partial charge in [-0.25, -0.2) is 4.68 Å². The van der Waals surface area contributed by atoms with Crippen molar-refractivity contribution in [2.24, 2.45) is 0 Å². The van der Waals surface area contributed by atoms with Crippen LogP contribution in [0.2, 0.25) is 0 Å². The number of ketones is 1. The minimum Gasteiger partial charge on any atom is -0.388 e. The Labute approximate surface area is 155 Å². The van der Waals surface area contributed by atoms with E-state index in [9.17, 15) is 24.2 Å². The van der Waals surface area contributed by atoms with Crippen molar-refractivity contribution < 1.29 is 29.3 Å². The van der Waals surface area contributed by atoms with Gasteiger partial charge in [0.25, 0.3) is 0 Å². The van der Waals surface area contributed by atoms with Crippen LogP contribution in [0.15, 0.2) is 53.4 Å². The molecule has 0 aliphatic carbocycles. The van der Waals surface area contributed by atoms with Crippen molar-refractivity contribution in [2.45, 2.75) is 11.4 Å². The molecule has 0 bridgehead atoms. The molecule has 1 heterocycles. The second kappa shape index (κ2) is 6.07. The largest absolute Gasteiger partial charge is 0.388 e. The number of nitrogens with zero attached hydrogens (tertiary/aromatic N) is 4. The highest BCUT2D eigenvalue weighted by atomic mass is 32.5. The maximum absolute atomic E-state index is 12.8. The van der Waals surface area contributed by atoms with Crippen LogP contribution in [0.5, 0.6) is 0 Å². The molecule has 1 N–H and O–H groups in total. The summed E-state index contributed by atoms with van der Waals surface area (Å²) in [7, 11) is -9.75. The molecule has 0 saturated carbocycles. The van der Waals surface area contributed by atoms with Gasteiger partial charge in [0.1, 0.15) is 11.5 Å². The lowest BCUT2D eigenvalue weighted by atomic mass is 10.1. The normalized spacial score (nSPS) is 14.4. The molecule has 12 heteroatoms. The van der Waals surface area contributed by atoms with E-state index in [-0.39, 0.29) is 17.9 Å². The molecule has 0 aliphatic rings. The zero-order valence-electron chi connectivity index (χ0n) is 14.0. The molecule has 150 valence electrons. The Kier molecular flexibility index (Phi) is 4.31. The van der Waals surface area contributed by atoms with Gasteiger partial charge in [0, 0.05) is 11.1 Å². The van der Waals surface area contributed by atoms with Crippen molar-refractivity contribution in [3.8, 4) is 11.4 Å². The minimum absolute atomic E-state index is 0.0872. The van der Waals surface area contributed by atoms with E-state index in [4.69, 9.17) is 5.11 Å². The first-order chi connectivity index (χ1) is 12.9. The summed E-state index contributed by atoms with van der Waals surface area (Å²) >= 11 is 0. The molecular formula is C16H13F5N4O2S. The molecule has 0 atom stereocenters. The third-order valence-electron chi connectivity index (χ3n) is 3.84. The standard InChI is InChI=1S/C16H13F5N4O2S/c17-28(18,19,20,21)14-7-5-13(6-8-14)16-22-23-24-25(16)9-11-1-3-12(4-2-11)15(27)10-26/h1-8,26H,9-10H2. The van der Waals surface area contributed by atoms with E-state index >= 15 is 0 Å². The Hall–Kier alpha value is -2.86. The summed E-state index contributed by atoms with van der Waals surface area (Å²) in [5.74, 6) is -0.358. The van der Waals surface area contributed by atoms with Crippen molar-refractivity contribution in [2.75, 3.05) is 6.61 Å². The lowest BCUT2D eigenvalue weighted by molar-refractivity contribution is 0.0903. The predicted octanol–water partition coefficient (Wildman–Crippen LogP) is 4.22. The van der Waals surface area contributed by atoms with E-state index in [1.165, 1.54) is 16.8 Å². The van der Waals surface area contributed by atoms with Gasteiger partial charge in [0.05, 0.1) is 6.54 Å². The second-order valence-corrected chi connectivity index (χ2v) is 8.34. The highest BCUT2D eigenvalue weighted by molar-refractivity contribution is 8.45. The van der Waals surface area contributed by atoms with Crippen LogP contribution in [-0.2, 0) is 6.54 Å². The molecule has 6 nitrogen and oxygen atoms in total. The molecule has 0 fully saturated rings. The summed E-state index contributed by atoms with van der Waals surface area (Å²) in [5.41, 5.74) is 1.11. The molecule has 1 aromatic heterocycles. The Morgan fingerprint density at radius 3 is 2.11 bits per heavy atom. The van der Waals surface area contributed by atoms with E-state index in [2.05, 4.69) is 15.5 Å². The average molecular weight is 420 g/mol. The number of aliphatic hydroxyl groups excluding tert-OH is 1. The van der Waals surface area contributed by atoms with Crippen molar-refractivity contribution in [3.05, 3.63) is 59.7 Å². The molecule has 28 heavy (non-hydrogen) atoms. The highest BCUT2D eigenvalue weighted by Gasteiger charge is 2.65. The maximum Gasteiger partial charge on any atom is 0.310 e. The first-order valence-electron chi connectivity index (χ1n) is 7.71. The summed E-state index contributed by atoms with van der Waals surface area (Å²) in [5, 5.41) is 19.8. The van der Waals surface area contributed by atoms with Crippen LogP contribution < -0.4 is 0 Å². The lowest BCUT2D eigenvalue weighted by Gasteiger charge is -2.40. The number of aliphatic hydroxyl groups is 1. The SMILES string of the molecule is O=C(CO)c1ccc(Cn2nnnc2-c2ccc(S(F)(F)(F)(F)F)cc2)cc1. The third kappa shape index (κ3) is 4.34. The maximum atomic E-state index is 12.8. The average Bonchev–Trinajstić information content (AvgIpc) is 3.08. The van der Waals surface area contributed by atoms with Gasteiger partial charge in [-0.15, -0.1) is 5.10 Å². The molecule has 0 amide bonds. The zero-order valence-corrected chi connectivity index (χ0v) is 14.8. The van der Waals surface area contributed by atoms with E-state index in [0.29, 0.717) is 23.3 Å². The van der Waals surface area contributed by atoms with Gasteiger partial charge < -0.3 is 5.11 Å². The van der Waals surface area contributed by atoms with Gasteiger partial charge in [0.15, 0.2) is 11.6 Å². The predicted molar refractivity (Wildman–Crippen MR) is 91.6 cm³/mol. The molecule has 0 unspecified atom stereocenters. The van der Waals surface area contributed by atoms with Crippen LogP contribution in [0.1, 0.15) is 15.9 Å². The number of hydrogen-bond donors (Lipinski definition) is 1. The number of aromatic nitrogens is 4. The monoisotopic (exact) mass is 420 g/mol. The van der Waals surface area contributed by atoms with E-state index < -0.39 is 27.5 Å². The number of carbonyl (C=O) groups is 1. The quantitative estimate of drug-likeness (QED) is 0.477. The van der Waals surface area contributed by atoms with E-state index in [1.54, 1.807) is 12.1 Å². The fourth-order valence-corrected chi connectivity index (χ4v) is 3.09. The summed E-state index contributed by atoms with van der Waals surface area (Å²) in [6.07, 6.45) is 0. The summed E-state index contributed by atoms with van der Waals surface area (Å²) < 4.78 is 65.4. The van der Waals surface area contributed by atoms with Gasteiger partial charge in [-0.1, -0.05) is 43.7 Å². The molecule has 2 aromatic carbocycles. The first-order valence-corrected chi connectivity index (χ1v) is 9.66. The fourth-order valence-electron chi connectivity index (χ4n) is 2.44. The van der Waals surface area contributed by atoms with Gasteiger partial charge in [-0.2, -0.15) is 0 Å². The number of tetrazole rings is 1. The highest BCUT2D eigenvalue weighted by Crippen LogP contribution is 3.02. The number of hydrogen-bond acceptors (Lipinski definition) is 5. The Balaban J connectivity index is 1.86. The molecule has 0 aliphatic heterocycles. The van der Waals surface area contributed by atoms with Gasteiger partial charge >= 0.3 is 10.2 Å². The van der Waals surface area contributed by atoms with Crippen LogP contribution in [0.25, 0.3) is 11.4 Å². The Morgan fingerprint density at radius 2 is 1.57 bits per heavy atom. The minimum atomic E-state index is -9.75. The van der Waals surface area contributed by atoms with Crippen molar-refractivity contribution in [1.82, 2.24) is 20.2 Å². The van der Waals surface area contributed by atoms with E-state index in [0.717, 1.165) is 12.1 Å². The van der Waals surface area contributed by atoms with Crippen molar-refractivity contribution >= 4 is 16.0 Å². The number of Topliss-reactive ketones (excluding diaryl/α,β-unsaturated/α-hetero) is 1. The van der Waals surface area contributed by atoms with Gasteiger partial charge in [0.2, 0.25) is 0 Å². The Morgan fingerprint density at radius 1 is 0.964 bits per heavy atom. The fraction of sp³-hybridized carbons (Fsp3) is 0.125. The molecule has 3 rings (SSSR count). The topological polar surface area (TPSA) is 80.9 Å². The first kappa shape index (κ1) is 19.9. The molecule has 3 aromatic rings. The third-order valence-corrected chi connectivity index (χ3v) is 5.00. The molecule has 0 spiro atoms. The summed E-state index contributed by atoms with van der Waals surface area (Å²) in [6.45, 7) is -0.495.